The molecule has 4 aromatic heterocycles. The number of ether oxygens (including phenoxy) is 2. The molecule has 2 amide bonds. The van der Waals surface area contributed by atoms with Crippen molar-refractivity contribution in [2.75, 3.05) is 37.1 Å². The lowest BCUT2D eigenvalue weighted by Gasteiger charge is -2.12. The molecule has 0 spiro atoms. The van der Waals surface area contributed by atoms with Gasteiger partial charge in [0.25, 0.3) is 5.91 Å². The number of hydrogen-bond acceptors (Lipinski definition) is 11. The van der Waals surface area contributed by atoms with Gasteiger partial charge in [0.05, 0.1) is 42.3 Å². The number of aldehydes is 1. The fourth-order valence-corrected chi connectivity index (χ4v) is 5.96. The van der Waals surface area contributed by atoms with Crippen LogP contribution in [-0.4, -0.2) is 77.5 Å². The van der Waals surface area contributed by atoms with Crippen molar-refractivity contribution in [3.8, 4) is 11.5 Å². The predicted octanol–water partition coefficient (Wildman–Crippen LogP) is 3.80. The van der Waals surface area contributed by atoms with E-state index < -0.39 is 5.91 Å². The second-order valence-electron chi connectivity index (χ2n) is 11.9. The van der Waals surface area contributed by atoms with E-state index in [1.54, 1.807) is 63.7 Å². The Labute approximate surface area is 303 Å². The van der Waals surface area contributed by atoms with Crippen LogP contribution in [-0.2, 0) is 26.2 Å². The van der Waals surface area contributed by atoms with Crippen molar-refractivity contribution in [1.29, 1.82) is 0 Å². The van der Waals surface area contributed by atoms with Crippen LogP contribution in [0.2, 0.25) is 0 Å². The minimum atomic E-state index is -0.607. The number of fused-ring (bicyclic) bond motifs is 2. The number of methoxy groups -OCH3 is 1. The Hall–Kier alpha value is -6.91. The number of benzene rings is 2. The van der Waals surface area contributed by atoms with Crippen LogP contribution < -0.4 is 31.6 Å². The smallest absolute Gasteiger partial charge is 0.276 e. The summed E-state index contributed by atoms with van der Waals surface area (Å²) in [4.78, 5) is 46.7. The lowest BCUT2D eigenvalue weighted by molar-refractivity contribution is 0.0995. The van der Waals surface area contributed by atoms with Crippen molar-refractivity contribution in [1.82, 2.24) is 38.7 Å². The first-order valence-corrected chi connectivity index (χ1v) is 16.8. The highest BCUT2D eigenvalue weighted by Gasteiger charge is 2.21. The number of aromatic nitrogens is 8. The Morgan fingerprint density at radius 2 is 1.62 bits per heavy atom. The second kappa shape index (κ2) is 15.5. The Bertz CT molecular complexity index is 2380. The van der Waals surface area contributed by atoms with E-state index >= 15 is 0 Å². The number of rotatable bonds is 16. The van der Waals surface area contributed by atoms with E-state index in [-0.39, 0.29) is 30.6 Å². The standard InChI is InChI=1S/C36H40N12O5/c1-5-48-28(14-22(2)44-48)34(51)43-36-42-26-15-23(21-49)16-29(52-4)31(26)47(36)12-7-6-11-46-32-27(41-35(46)39-3)17-24(33(38)50)18-30(32)53-13-9-8-10-45-20-25(37)19-40-45/h6-9,14-21H,5,10-13,37H2,1-4H3,(H2,38,50)(H,39,41)(H,42,43,51)/b7-6+,9-8+. The molecule has 6 N–H and O–H groups in total. The molecule has 17 nitrogen and oxygen atoms in total. The van der Waals surface area contributed by atoms with Gasteiger partial charge in [-0.05, 0) is 50.3 Å². The van der Waals surface area contributed by atoms with Crippen LogP contribution in [0.1, 0.15) is 43.8 Å². The lowest BCUT2D eigenvalue weighted by Crippen LogP contribution is -2.20. The number of amides is 2. The van der Waals surface area contributed by atoms with Crippen molar-refractivity contribution >= 4 is 57.8 Å². The van der Waals surface area contributed by atoms with Gasteiger partial charge in [-0.3, -0.25) is 29.1 Å². The number of nitrogens with zero attached hydrogens (tertiary/aromatic N) is 8. The number of carbonyl (C=O) groups is 3. The van der Waals surface area contributed by atoms with E-state index in [9.17, 15) is 14.4 Å². The summed E-state index contributed by atoms with van der Waals surface area (Å²) in [6, 6.07) is 8.21. The average Bonchev–Trinajstić information content (AvgIpc) is 3.92. The number of hydrogen-bond donors (Lipinski definition) is 4. The van der Waals surface area contributed by atoms with Crippen LogP contribution >= 0.6 is 0 Å². The maximum Gasteiger partial charge on any atom is 0.276 e. The van der Waals surface area contributed by atoms with E-state index in [0.29, 0.717) is 81.8 Å². The van der Waals surface area contributed by atoms with Crippen molar-refractivity contribution in [2.24, 2.45) is 5.73 Å². The Kier molecular flexibility index (Phi) is 10.5. The number of imidazole rings is 2. The normalized spacial score (nSPS) is 11.6. The fraction of sp³-hybridized carbons (Fsp3) is 0.250. The molecule has 0 radical (unpaired) electrons. The molecule has 6 rings (SSSR count). The third-order valence-electron chi connectivity index (χ3n) is 8.35. The van der Waals surface area contributed by atoms with Gasteiger partial charge in [0, 0.05) is 44.0 Å². The van der Waals surface area contributed by atoms with E-state index in [4.69, 9.17) is 25.9 Å². The summed E-state index contributed by atoms with van der Waals surface area (Å²) in [6.07, 6.45) is 11.6. The summed E-state index contributed by atoms with van der Waals surface area (Å²) < 4.78 is 18.9. The largest absolute Gasteiger partial charge is 0.494 e. The molecule has 0 saturated heterocycles. The molecule has 4 heterocycles. The van der Waals surface area contributed by atoms with Gasteiger partial charge >= 0.3 is 0 Å². The molecule has 0 unspecified atom stereocenters. The zero-order valence-electron chi connectivity index (χ0n) is 29.7. The monoisotopic (exact) mass is 720 g/mol. The first-order chi connectivity index (χ1) is 25.6. The second-order valence-corrected chi connectivity index (χ2v) is 11.9. The highest BCUT2D eigenvalue weighted by molar-refractivity contribution is 6.03. The van der Waals surface area contributed by atoms with Crippen molar-refractivity contribution in [3.63, 3.8) is 0 Å². The summed E-state index contributed by atoms with van der Waals surface area (Å²) >= 11 is 0. The molecule has 6 aromatic rings. The molecule has 0 saturated carbocycles. The quantitative estimate of drug-likeness (QED) is 0.0833. The molecule has 17 heteroatoms. The number of allylic oxidation sites excluding steroid dienone is 3. The topological polar surface area (TPSA) is 217 Å². The highest BCUT2D eigenvalue weighted by atomic mass is 16.5. The van der Waals surface area contributed by atoms with Gasteiger partial charge in [-0.2, -0.15) is 10.2 Å². The van der Waals surface area contributed by atoms with Crippen LogP contribution in [0.15, 0.2) is 67.0 Å². The van der Waals surface area contributed by atoms with Crippen LogP contribution in [0.3, 0.4) is 0 Å². The first kappa shape index (κ1) is 35.9. The van der Waals surface area contributed by atoms with E-state index in [0.717, 1.165) is 6.29 Å². The third-order valence-corrected chi connectivity index (χ3v) is 8.35. The fourth-order valence-electron chi connectivity index (χ4n) is 5.96. The number of nitrogens with two attached hydrogens (primary N) is 2. The van der Waals surface area contributed by atoms with Crippen LogP contribution in [0.4, 0.5) is 17.6 Å². The summed E-state index contributed by atoms with van der Waals surface area (Å²) in [5.74, 6) is 0.664. The summed E-state index contributed by atoms with van der Waals surface area (Å²) in [5, 5.41) is 14.6. The van der Waals surface area contributed by atoms with Crippen molar-refractivity contribution < 1.29 is 23.9 Å². The number of anilines is 3. The SMILES string of the molecule is CCn1nc(C)cc1C(=O)Nc1nc2cc(C=O)cc(OC)c2n1C/C=C/Cn1c(NC)nc2cc(C(N)=O)cc(OC/C=C/Cn3cc(N)cn3)c21. The minimum absolute atomic E-state index is 0.207. The number of carbonyl (C=O) groups excluding carboxylic acids is 3. The Balaban J connectivity index is 1.30. The molecule has 53 heavy (non-hydrogen) atoms. The first-order valence-electron chi connectivity index (χ1n) is 16.8. The minimum Gasteiger partial charge on any atom is -0.494 e. The summed E-state index contributed by atoms with van der Waals surface area (Å²) in [6.45, 7) is 5.58. The molecule has 274 valence electrons. The molecular weight excluding hydrogens is 680 g/mol. The maximum atomic E-state index is 13.5. The van der Waals surface area contributed by atoms with Gasteiger partial charge in [0.2, 0.25) is 17.8 Å². The molecule has 0 aliphatic carbocycles. The zero-order chi connectivity index (χ0) is 37.6. The number of aryl methyl sites for hydroxylation is 2. The maximum absolute atomic E-state index is 13.5. The van der Waals surface area contributed by atoms with Gasteiger partial charge in [0.15, 0.2) is 0 Å². The Morgan fingerprint density at radius 1 is 0.925 bits per heavy atom. The molecule has 0 aliphatic heterocycles. The van der Waals surface area contributed by atoms with E-state index in [1.165, 1.54) is 7.11 Å². The summed E-state index contributed by atoms with van der Waals surface area (Å²) in [7, 11) is 3.26. The molecule has 0 atom stereocenters. The van der Waals surface area contributed by atoms with Gasteiger partial charge in [0.1, 0.15) is 41.1 Å². The van der Waals surface area contributed by atoms with Crippen LogP contribution in [0.25, 0.3) is 22.1 Å². The number of primary amides is 1. The van der Waals surface area contributed by atoms with Gasteiger partial charge < -0.3 is 35.4 Å². The highest BCUT2D eigenvalue weighted by Crippen LogP contribution is 2.32. The van der Waals surface area contributed by atoms with Crippen LogP contribution in [0.5, 0.6) is 11.5 Å². The molecule has 2 aromatic carbocycles. The molecule has 0 aliphatic rings. The molecule has 0 bridgehead atoms. The molecular formula is C36H40N12O5. The number of nitrogen functional groups attached to an aromatic ring is 1. The number of nitrogens with one attached hydrogen (secondary N) is 2. The predicted molar refractivity (Wildman–Crippen MR) is 200 cm³/mol. The Morgan fingerprint density at radius 3 is 2.28 bits per heavy atom. The summed E-state index contributed by atoms with van der Waals surface area (Å²) in [5.41, 5.74) is 16.0. The van der Waals surface area contributed by atoms with E-state index in [2.05, 4.69) is 25.8 Å². The van der Waals surface area contributed by atoms with Crippen molar-refractivity contribution in [2.45, 2.75) is 40.0 Å². The van der Waals surface area contributed by atoms with Gasteiger partial charge in [-0.25, -0.2) is 9.97 Å². The van der Waals surface area contributed by atoms with E-state index in [1.807, 2.05) is 42.7 Å². The van der Waals surface area contributed by atoms with Gasteiger partial charge in [-0.1, -0.05) is 18.2 Å². The average molecular weight is 721 g/mol. The zero-order valence-corrected chi connectivity index (χ0v) is 29.7. The van der Waals surface area contributed by atoms with Crippen molar-refractivity contribution in [3.05, 3.63) is 89.5 Å². The van der Waals surface area contributed by atoms with Crippen LogP contribution in [0, 0.1) is 6.92 Å². The van der Waals surface area contributed by atoms with Gasteiger partial charge in [-0.15, -0.1) is 0 Å². The third kappa shape index (κ3) is 7.58. The lowest BCUT2D eigenvalue weighted by atomic mass is 10.1. The molecule has 0 fully saturated rings.